The quantitative estimate of drug-likeness (QED) is 0.820. The van der Waals surface area contributed by atoms with Gasteiger partial charge in [0.1, 0.15) is 0 Å². The molecule has 2 atom stereocenters. The lowest BCUT2D eigenvalue weighted by molar-refractivity contribution is 0.0753. The summed E-state index contributed by atoms with van der Waals surface area (Å²) in [5, 5.41) is 4.23. The van der Waals surface area contributed by atoms with E-state index in [0.29, 0.717) is 18.4 Å². The van der Waals surface area contributed by atoms with Crippen LogP contribution in [0.1, 0.15) is 31.7 Å². The van der Waals surface area contributed by atoms with E-state index in [1.165, 1.54) is 19.3 Å². The largest absolute Gasteiger partial charge is 0.376 e. The monoisotopic (exact) mass is 237 g/mol. The maximum atomic E-state index is 5.78. The molecule has 0 radical (unpaired) electrons. The van der Waals surface area contributed by atoms with Crippen LogP contribution in [-0.2, 0) is 17.9 Å². The van der Waals surface area contributed by atoms with Gasteiger partial charge in [-0.25, -0.2) is 0 Å². The lowest BCUT2D eigenvalue weighted by Gasteiger charge is -2.17. The highest BCUT2D eigenvalue weighted by atomic mass is 16.5. The molecule has 1 fully saturated rings. The molecule has 2 unspecified atom stereocenters. The molecule has 96 valence electrons. The average molecular weight is 237 g/mol. The number of nitrogens with zero attached hydrogens (tertiary/aromatic N) is 2. The van der Waals surface area contributed by atoms with Crippen LogP contribution >= 0.6 is 0 Å². The van der Waals surface area contributed by atoms with Crippen molar-refractivity contribution in [2.75, 3.05) is 13.2 Å². The summed E-state index contributed by atoms with van der Waals surface area (Å²) < 4.78 is 7.71. The normalized spacial score (nSPS) is 24.4. The van der Waals surface area contributed by atoms with Crippen LogP contribution in [0.5, 0.6) is 0 Å². The third kappa shape index (κ3) is 3.30. The SMILES string of the molecule is CCn1cc(COCC2CCCC2CN)cn1. The predicted molar refractivity (Wildman–Crippen MR) is 67.4 cm³/mol. The molecular formula is C13H23N3O. The average Bonchev–Trinajstić information content (AvgIpc) is 2.97. The summed E-state index contributed by atoms with van der Waals surface area (Å²) >= 11 is 0. The van der Waals surface area contributed by atoms with Crippen molar-refractivity contribution < 1.29 is 4.74 Å². The van der Waals surface area contributed by atoms with Gasteiger partial charge in [0.15, 0.2) is 0 Å². The standard InChI is InChI=1S/C13H23N3O/c1-2-16-8-11(7-15-16)9-17-10-13-5-3-4-12(13)6-14/h7-8,12-13H,2-6,9-10,14H2,1H3. The molecule has 1 saturated carbocycles. The Labute approximate surface area is 103 Å². The van der Waals surface area contributed by atoms with E-state index in [0.717, 1.165) is 25.3 Å². The van der Waals surface area contributed by atoms with Gasteiger partial charge in [0, 0.05) is 18.3 Å². The Kier molecular flexibility index (Phi) is 4.57. The third-order valence-corrected chi connectivity index (χ3v) is 3.73. The molecule has 17 heavy (non-hydrogen) atoms. The van der Waals surface area contributed by atoms with Gasteiger partial charge in [0.25, 0.3) is 0 Å². The van der Waals surface area contributed by atoms with E-state index < -0.39 is 0 Å². The summed E-state index contributed by atoms with van der Waals surface area (Å²) in [6.45, 7) is 5.33. The van der Waals surface area contributed by atoms with Gasteiger partial charge in [-0.1, -0.05) is 6.42 Å². The Morgan fingerprint density at radius 1 is 1.47 bits per heavy atom. The minimum Gasteiger partial charge on any atom is -0.376 e. The Bertz CT molecular complexity index is 337. The molecule has 0 aromatic carbocycles. The van der Waals surface area contributed by atoms with Crippen molar-refractivity contribution in [1.82, 2.24) is 9.78 Å². The van der Waals surface area contributed by atoms with Crippen LogP contribution in [0.2, 0.25) is 0 Å². The lowest BCUT2D eigenvalue weighted by atomic mass is 9.97. The van der Waals surface area contributed by atoms with Gasteiger partial charge >= 0.3 is 0 Å². The van der Waals surface area contributed by atoms with Crippen molar-refractivity contribution in [2.24, 2.45) is 17.6 Å². The highest BCUT2D eigenvalue weighted by Gasteiger charge is 2.25. The second kappa shape index (κ2) is 6.17. The zero-order valence-corrected chi connectivity index (χ0v) is 10.6. The predicted octanol–water partition coefficient (Wildman–Crippen LogP) is 1.79. The van der Waals surface area contributed by atoms with E-state index in [-0.39, 0.29) is 0 Å². The van der Waals surface area contributed by atoms with Gasteiger partial charge < -0.3 is 10.5 Å². The molecule has 2 N–H and O–H groups in total. The summed E-state index contributed by atoms with van der Waals surface area (Å²) in [7, 11) is 0. The lowest BCUT2D eigenvalue weighted by Crippen LogP contribution is -2.22. The number of hydrogen-bond acceptors (Lipinski definition) is 3. The van der Waals surface area contributed by atoms with E-state index in [4.69, 9.17) is 10.5 Å². The fraction of sp³-hybridized carbons (Fsp3) is 0.769. The first-order chi connectivity index (χ1) is 8.33. The second-order valence-electron chi connectivity index (χ2n) is 4.91. The molecular weight excluding hydrogens is 214 g/mol. The molecule has 0 bridgehead atoms. The molecule has 0 amide bonds. The molecule has 2 rings (SSSR count). The van der Waals surface area contributed by atoms with E-state index in [1.54, 1.807) is 0 Å². The van der Waals surface area contributed by atoms with Crippen LogP contribution in [0.4, 0.5) is 0 Å². The number of ether oxygens (including phenoxy) is 1. The van der Waals surface area contributed by atoms with Gasteiger partial charge in [0.2, 0.25) is 0 Å². The fourth-order valence-corrected chi connectivity index (χ4v) is 2.63. The Hall–Kier alpha value is -0.870. The zero-order chi connectivity index (χ0) is 12.1. The molecule has 1 aromatic rings. The van der Waals surface area contributed by atoms with Gasteiger partial charge in [0.05, 0.1) is 19.4 Å². The molecule has 0 spiro atoms. The zero-order valence-electron chi connectivity index (χ0n) is 10.6. The smallest absolute Gasteiger partial charge is 0.0747 e. The molecule has 4 heteroatoms. The van der Waals surface area contributed by atoms with Crippen molar-refractivity contribution in [3.8, 4) is 0 Å². The van der Waals surface area contributed by atoms with Crippen molar-refractivity contribution in [3.63, 3.8) is 0 Å². The number of hydrogen-bond donors (Lipinski definition) is 1. The van der Waals surface area contributed by atoms with Crippen LogP contribution in [0.3, 0.4) is 0 Å². The third-order valence-electron chi connectivity index (χ3n) is 3.73. The second-order valence-corrected chi connectivity index (χ2v) is 4.91. The fourth-order valence-electron chi connectivity index (χ4n) is 2.63. The van der Waals surface area contributed by atoms with Crippen LogP contribution in [-0.4, -0.2) is 22.9 Å². The first kappa shape index (κ1) is 12.6. The molecule has 1 aromatic heterocycles. The van der Waals surface area contributed by atoms with E-state index >= 15 is 0 Å². The van der Waals surface area contributed by atoms with Gasteiger partial charge in [-0.2, -0.15) is 5.10 Å². The number of aromatic nitrogens is 2. The minimum absolute atomic E-state index is 0.668. The van der Waals surface area contributed by atoms with Crippen LogP contribution in [0.15, 0.2) is 12.4 Å². The van der Waals surface area contributed by atoms with Crippen LogP contribution in [0.25, 0.3) is 0 Å². The van der Waals surface area contributed by atoms with Crippen molar-refractivity contribution in [2.45, 2.75) is 39.3 Å². The highest BCUT2D eigenvalue weighted by molar-refractivity contribution is 5.01. The highest BCUT2D eigenvalue weighted by Crippen LogP contribution is 2.31. The number of aryl methyl sites for hydroxylation is 1. The topological polar surface area (TPSA) is 53.1 Å². The van der Waals surface area contributed by atoms with Gasteiger partial charge in [-0.05, 0) is 38.1 Å². The van der Waals surface area contributed by atoms with E-state index in [9.17, 15) is 0 Å². The molecule has 4 nitrogen and oxygen atoms in total. The summed E-state index contributed by atoms with van der Waals surface area (Å²) in [6.07, 6.45) is 7.80. The van der Waals surface area contributed by atoms with Gasteiger partial charge in [-0.3, -0.25) is 4.68 Å². The van der Waals surface area contributed by atoms with Crippen molar-refractivity contribution in [1.29, 1.82) is 0 Å². The van der Waals surface area contributed by atoms with Crippen molar-refractivity contribution >= 4 is 0 Å². The maximum absolute atomic E-state index is 5.78. The molecule has 1 heterocycles. The molecule has 0 saturated heterocycles. The summed E-state index contributed by atoms with van der Waals surface area (Å²) in [5.41, 5.74) is 6.92. The van der Waals surface area contributed by atoms with Crippen LogP contribution in [0, 0.1) is 11.8 Å². The number of nitrogens with two attached hydrogens (primary N) is 1. The first-order valence-corrected chi connectivity index (χ1v) is 6.62. The first-order valence-electron chi connectivity index (χ1n) is 6.62. The maximum Gasteiger partial charge on any atom is 0.0747 e. The number of rotatable bonds is 6. The van der Waals surface area contributed by atoms with E-state index in [2.05, 4.69) is 18.2 Å². The molecule has 0 aliphatic heterocycles. The summed E-state index contributed by atoms with van der Waals surface area (Å²) in [6, 6.07) is 0. The molecule has 1 aliphatic carbocycles. The minimum atomic E-state index is 0.668. The van der Waals surface area contributed by atoms with Crippen LogP contribution < -0.4 is 5.73 Å². The Morgan fingerprint density at radius 3 is 3.00 bits per heavy atom. The molecule has 1 aliphatic rings. The Morgan fingerprint density at radius 2 is 2.29 bits per heavy atom. The summed E-state index contributed by atoms with van der Waals surface area (Å²) in [4.78, 5) is 0. The van der Waals surface area contributed by atoms with Crippen molar-refractivity contribution in [3.05, 3.63) is 18.0 Å². The summed E-state index contributed by atoms with van der Waals surface area (Å²) in [5.74, 6) is 1.34. The van der Waals surface area contributed by atoms with Gasteiger partial charge in [-0.15, -0.1) is 0 Å². The Balaban J connectivity index is 1.72. The van der Waals surface area contributed by atoms with E-state index in [1.807, 2.05) is 10.9 Å².